The highest BCUT2D eigenvalue weighted by molar-refractivity contribution is 5.97. The highest BCUT2D eigenvalue weighted by atomic mass is 16.4. The van der Waals surface area contributed by atoms with Crippen LogP contribution in [0.1, 0.15) is 42.5 Å². The topological polar surface area (TPSA) is 57.6 Å². The van der Waals surface area contributed by atoms with E-state index in [4.69, 9.17) is 0 Å². The number of carbonyl (C=O) groups is 2. The number of carboxylic acids is 1. The smallest absolute Gasteiger partial charge is 0.329 e. The number of hydrogen-bond donors (Lipinski definition) is 1. The maximum absolute atomic E-state index is 12.4. The van der Waals surface area contributed by atoms with Gasteiger partial charge in [-0.1, -0.05) is 37.5 Å². The third kappa shape index (κ3) is 2.48. The van der Waals surface area contributed by atoms with Crippen LogP contribution < -0.4 is 0 Å². The average molecular weight is 261 g/mol. The highest BCUT2D eigenvalue weighted by Crippen LogP contribution is 2.34. The van der Waals surface area contributed by atoms with E-state index < -0.39 is 11.5 Å². The molecule has 1 saturated carbocycles. The third-order valence-electron chi connectivity index (χ3n) is 4.05. The van der Waals surface area contributed by atoms with E-state index in [-0.39, 0.29) is 5.91 Å². The van der Waals surface area contributed by atoms with Crippen molar-refractivity contribution in [2.75, 3.05) is 7.05 Å². The summed E-state index contributed by atoms with van der Waals surface area (Å²) in [5.74, 6) is -1.11. The Morgan fingerprint density at radius 1 is 1.11 bits per heavy atom. The molecule has 0 aliphatic heterocycles. The Kier molecular flexibility index (Phi) is 3.88. The zero-order chi connectivity index (χ0) is 13.9. The molecule has 0 heterocycles. The van der Waals surface area contributed by atoms with E-state index >= 15 is 0 Å². The SMILES string of the molecule is CN(C(=O)c1ccccc1)C1(C(=O)O)CCCCC1. The van der Waals surface area contributed by atoms with Gasteiger partial charge in [-0.3, -0.25) is 4.79 Å². The molecular formula is C15H19NO3. The monoisotopic (exact) mass is 261 g/mol. The first-order valence-electron chi connectivity index (χ1n) is 6.64. The molecule has 4 heteroatoms. The molecule has 1 fully saturated rings. The van der Waals surface area contributed by atoms with Gasteiger partial charge in [0.05, 0.1) is 0 Å². The van der Waals surface area contributed by atoms with Crippen LogP contribution in [0.4, 0.5) is 0 Å². The average Bonchev–Trinajstić information content (AvgIpc) is 2.47. The molecule has 0 spiro atoms. The van der Waals surface area contributed by atoms with E-state index in [1.807, 2.05) is 6.07 Å². The molecule has 4 nitrogen and oxygen atoms in total. The second-order valence-corrected chi connectivity index (χ2v) is 5.13. The lowest BCUT2D eigenvalue weighted by molar-refractivity contribution is -0.151. The van der Waals surface area contributed by atoms with Crippen LogP contribution in [0.15, 0.2) is 30.3 Å². The Hall–Kier alpha value is -1.84. The molecule has 102 valence electrons. The quantitative estimate of drug-likeness (QED) is 0.909. The molecule has 1 amide bonds. The summed E-state index contributed by atoms with van der Waals surface area (Å²) in [7, 11) is 1.61. The van der Waals surface area contributed by atoms with Gasteiger partial charge < -0.3 is 10.0 Å². The minimum atomic E-state index is -1.04. The van der Waals surface area contributed by atoms with Crippen molar-refractivity contribution >= 4 is 11.9 Å². The molecule has 1 aliphatic carbocycles. The molecule has 0 bridgehead atoms. The molecule has 0 unspecified atom stereocenters. The fraction of sp³-hybridized carbons (Fsp3) is 0.467. The first kappa shape index (κ1) is 13.6. The van der Waals surface area contributed by atoms with Gasteiger partial charge >= 0.3 is 5.97 Å². The van der Waals surface area contributed by atoms with E-state index in [9.17, 15) is 14.7 Å². The van der Waals surface area contributed by atoms with Crippen molar-refractivity contribution in [2.45, 2.75) is 37.6 Å². The van der Waals surface area contributed by atoms with Gasteiger partial charge in [-0.2, -0.15) is 0 Å². The van der Waals surface area contributed by atoms with Crippen LogP contribution in [-0.2, 0) is 4.79 Å². The van der Waals surface area contributed by atoms with Crippen LogP contribution in [0.5, 0.6) is 0 Å². The van der Waals surface area contributed by atoms with Crippen LogP contribution in [-0.4, -0.2) is 34.5 Å². The molecule has 0 saturated heterocycles. The number of amides is 1. The zero-order valence-corrected chi connectivity index (χ0v) is 11.1. The second-order valence-electron chi connectivity index (χ2n) is 5.13. The molecule has 19 heavy (non-hydrogen) atoms. The largest absolute Gasteiger partial charge is 0.479 e. The predicted octanol–water partition coefficient (Wildman–Crippen LogP) is 2.55. The number of hydrogen-bond acceptors (Lipinski definition) is 2. The van der Waals surface area contributed by atoms with Crippen LogP contribution in [0.25, 0.3) is 0 Å². The zero-order valence-electron chi connectivity index (χ0n) is 11.1. The first-order valence-corrected chi connectivity index (χ1v) is 6.64. The summed E-state index contributed by atoms with van der Waals surface area (Å²) >= 11 is 0. The second kappa shape index (κ2) is 5.43. The number of carbonyl (C=O) groups excluding carboxylic acids is 1. The normalized spacial score (nSPS) is 17.7. The lowest BCUT2D eigenvalue weighted by Gasteiger charge is -2.41. The summed E-state index contributed by atoms with van der Waals surface area (Å²) in [5, 5.41) is 9.56. The van der Waals surface area contributed by atoms with Crippen LogP contribution in [0.3, 0.4) is 0 Å². The lowest BCUT2D eigenvalue weighted by Crippen LogP contribution is -2.56. The van der Waals surface area contributed by atoms with Gasteiger partial charge in [0.15, 0.2) is 0 Å². The molecule has 1 N–H and O–H groups in total. The highest BCUT2D eigenvalue weighted by Gasteiger charge is 2.45. The summed E-state index contributed by atoms with van der Waals surface area (Å²) < 4.78 is 0. The van der Waals surface area contributed by atoms with Gasteiger partial charge in [0.25, 0.3) is 5.91 Å². The number of likely N-dealkylation sites (N-methyl/N-ethyl adjacent to an activating group) is 1. The molecule has 2 rings (SSSR count). The van der Waals surface area contributed by atoms with Crippen molar-refractivity contribution in [1.29, 1.82) is 0 Å². The standard InChI is InChI=1S/C15H19NO3/c1-16(13(17)12-8-4-2-5-9-12)15(14(18)19)10-6-3-7-11-15/h2,4-5,8-9H,3,6-7,10-11H2,1H3,(H,18,19). The first-order chi connectivity index (χ1) is 9.08. The molecule has 1 aromatic carbocycles. The number of rotatable bonds is 3. The number of carboxylic acid groups (broad SMARTS) is 1. The van der Waals surface area contributed by atoms with Gasteiger partial charge in [-0.15, -0.1) is 0 Å². The Morgan fingerprint density at radius 2 is 1.68 bits per heavy atom. The van der Waals surface area contributed by atoms with Gasteiger partial charge in [-0.05, 0) is 25.0 Å². The minimum absolute atomic E-state index is 0.218. The van der Waals surface area contributed by atoms with Crippen LogP contribution in [0, 0.1) is 0 Å². The molecule has 1 aliphatic rings. The van der Waals surface area contributed by atoms with Crippen molar-refractivity contribution < 1.29 is 14.7 Å². The van der Waals surface area contributed by atoms with Gasteiger partial charge in [0.1, 0.15) is 5.54 Å². The van der Waals surface area contributed by atoms with Gasteiger partial charge in [0, 0.05) is 12.6 Å². The lowest BCUT2D eigenvalue weighted by atomic mass is 9.80. The van der Waals surface area contributed by atoms with Crippen molar-refractivity contribution in [3.63, 3.8) is 0 Å². The Bertz CT molecular complexity index is 464. The van der Waals surface area contributed by atoms with Crippen molar-refractivity contribution in [1.82, 2.24) is 4.90 Å². The molecule has 1 aromatic rings. The molecule has 0 aromatic heterocycles. The van der Waals surface area contributed by atoms with Crippen molar-refractivity contribution in [3.8, 4) is 0 Å². The van der Waals surface area contributed by atoms with E-state index in [0.29, 0.717) is 18.4 Å². The maximum Gasteiger partial charge on any atom is 0.329 e. The fourth-order valence-corrected chi connectivity index (χ4v) is 2.80. The Balaban J connectivity index is 2.27. The number of benzene rings is 1. The third-order valence-corrected chi connectivity index (χ3v) is 4.05. The Labute approximate surface area is 113 Å². The van der Waals surface area contributed by atoms with E-state index in [2.05, 4.69) is 0 Å². The minimum Gasteiger partial charge on any atom is -0.479 e. The van der Waals surface area contributed by atoms with Crippen molar-refractivity contribution in [2.24, 2.45) is 0 Å². The predicted molar refractivity (Wildman–Crippen MR) is 72.0 cm³/mol. The van der Waals surface area contributed by atoms with Gasteiger partial charge in [-0.25, -0.2) is 4.79 Å². The molecule has 0 radical (unpaired) electrons. The van der Waals surface area contributed by atoms with Crippen LogP contribution in [0.2, 0.25) is 0 Å². The Morgan fingerprint density at radius 3 is 2.21 bits per heavy atom. The summed E-state index contributed by atoms with van der Waals surface area (Å²) in [6.45, 7) is 0. The maximum atomic E-state index is 12.4. The number of aliphatic carboxylic acids is 1. The summed E-state index contributed by atoms with van der Waals surface area (Å²) in [6.07, 6.45) is 3.84. The molecule has 0 atom stereocenters. The molecular weight excluding hydrogens is 242 g/mol. The summed E-state index contributed by atoms with van der Waals surface area (Å²) in [6, 6.07) is 8.85. The van der Waals surface area contributed by atoms with Crippen molar-refractivity contribution in [3.05, 3.63) is 35.9 Å². The number of nitrogens with zero attached hydrogens (tertiary/aromatic N) is 1. The summed E-state index contributed by atoms with van der Waals surface area (Å²) in [4.78, 5) is 25.5. The fourth-order valence-electron chi connectivity index (χ4n) is 2.80. The van der Waals surface area contributed by atoms with E-state index in [1.54, 1.807) is 31.3 Å². The van der Waals surface area contributed by atoms with Gasteiger partial charge in [0.2, 0.25) is 0 Å². The van der Waals surface area contributed by atoms with Crippen LogP contribution >= 0.6 is 0 Å². The van der Waals surface area contributed by atoms with E-state index in [0.717, 1.165) is 19.3 Å². The summed E-state index contributed by atoms with van der Waals surface area (Å²) in [5.41, 5.74) is -0.498. The van der Waals surface area contributed by atoms with E-state index in [1.165, 1.54) is 4.90 Å².